The molecule has 0 fully saturated rings. The number of ether oxygens (including phenoxy) is 1. The van der Waals surface area contributed by atoms with Crippen molar-refractivity contribution in [1.29, 1.82) is 0 Å². The first-order valence-corrected chi connectivity index (χ1v) is 4.60. The zero-order chi connectivity index (χ0) is 9.68. The maximum atomic E-state index is 10.8. The Hall–Kier alpha value is -1.12. The van der Waals surface area contributed by atoms with E-state index in [2.05, 4.69) is 6.92 Å². The molecule has 1 aliphatic rings. The van der Waals surface area contributed by atoms with Crippen molar-refractivity contribution in [3.63, 3.8) is 0 Å². The number of esters is 1. The summed E-state index contributed by atoms with van der Waals surface area (Å²) in [7, 11) is 0. The van der Waals surface area contributed by atoms with Gasteiger partial charge in [0.25, 0.3) is 0 Å². The lowest BCUT2D eigenvalue weighted by Gasteiger charge is -2.18. The van der Waals surface area contributed by atoms with E-state index < -0.39 is 0 Å². The van der Waals surface area contributed by atoms with Gasteiger partial charge in [0.2, 0.25) is 0 Å². The van der Waals surface area contributed by atoms with Gasteiger partial charge in [0, 0.05) is 18.4 Å². The molecule has 1 rings (SSSR count). The van der Waals surface area contributed by atoms with Crippen molar-refractivity contribution in [2.24, 2.45) is 5.92 Å². The molecule has 0 aliphatic carbocycles. The minimum atomic E-state index is -0.294. The highest BCUT2D eigenvalue weighted by atomic mass is 16.5. The van der Waals surface area contributed by atoms with Crippen molar-refractivity contribution in [2.45, 2.75) is 32.3 Å². The number of hydrogen-bond acceptors (Lipinski definition) is 3. The molecule has 1 heterocycles. The van der Waals surface area contributed by atoms with Crippen molar-refractivity contribution < 1.29 is 14.3 Å². The Morgan fingerprint density at radius 1 is 1.69 bits per heavy atom. The Kier molecular flexibility index (Phi) is 3.68. The Morgan fingerprint density at radius 3 is 2.92 bits per heavy atom. The van der Waals surface area contributed by atoms with E-state index in [1.165, 1.54) is 6.08 Å². The van der Waals surface area contributed by atoms with Crippen LogP contribution in [0.4, 0.5) is 0 Å². The first-order chi connectivity index (χ1) is 6.27. The maximum Gasteiger partial charge on any atom is 0.331 e. The van der Waals surface area contributed by atoms with Gasteiger partial charge in [-0.25, -0.2) is 4.79 Å². The molecular formula is C10H14O3. The molecule has 0 bridgehead atoms. The van der Waals surface area contributed by atoms with E-state index in [4.69, 9.17) is 4.74 Å². The van der Waals surface area contributed by atoms with Crippen LogP contribution in [0.5, 0.6) is 0 Å². The summed E-state index contributed by atoms with van der Waals surface area (Å²) >= 11 is 0. The molecule has 0 unspecified atom stereocenters. The minimum absolute atomic E-state index is 0.158. The number of rotatable bonds is 5. The summed E-state index contributed by atoms with van der Waals surface area (Å²) in [5.41, 5.74) is 0. The second-order valence-corrected chi connectivity index (χ2v) is 3.21. The molecule has 0 aromatic heterocycles. The van der Waals surface area contributed by atoms with E-state index in [1.54, 1.807) is 6.08 Å². The van der Waals surface area contributed by atoms with E-state index in [-0.39, 0.29) is 18.0 Å². The van der Waals surface area contributed by atoms with E-state index in [0.29, 0.717) is 6.42 Å². The van der Waals surface area contributed by atoms with E-state index in [0.717, 1.165) is 19.1 Å². The fourth-order valence-electron chi connectivity index (χ4n) is 1.55. The third-order valence-electron chi connectivity index (χ3n) is 2.20. The first-order valence-electron chi connectivity index (χ1n) is 4.60. The second kappa shape index (κ2) is 4.80. The van der Waals surface area contributed by atoms with Gasteiger partial charge in [-0.1, -0.05) is 13.3 Å². The average molecular weight is 182 g/mol. The first kappa shape index (κ1) is 9.96. The number of carbonyl (C=O) groups is 2. The second-order valence-electron chi connectivity index (χ2n) is 3.21. The summed E-state index contributed by atoms with van der Waals surface area (Å²) in [6, 6.07) is 0. The average Bonchev–Trinajstić information content (AvgIpc) is 2.51. The fraction of sp³-hybridized carbons (Fsp3) is 0.600. The van der Waals surface area contributed by atoms with Crippen LogP contribution >= 0.6 is 0 Å². The van der Waals surface area contributed by atoms with Crippen LogP contribution in [-0.2, 0) is 14.3 Å². The molecule has 3 nitrogen and oxygen atoms in total. The van der Waals surface area contributed by atoms with E-state index >= 15 is 0 Å². The summed E-state index contributed by atoms with van der Waals surface area (Å²) in [5, 5.41) is 0. The third kappa shape index (κ3) is 2.68. The Bertz CT molecular complexity index is 220. The predicted molar refractivity (Wildman–Crippen MR) is 48.1 cm³/mol. The molecule has 0 N–H and O–H groups in total. The highest BCUT2D eigenvalue weighted by molar-refractivity contribution is 5.84. The highest BCUT2D eigenvalue weighted by Gasteiger charge is 2.25. The van der Waals surface area contributed by atoms with Crippen molar-refractivity contribution in [1.82, 2.24) is 0 Å². The van der Waals surface area contributed by atoms with Gasteiger partial charge in [-0.3, -0.25) is 0 Å². The maximum absolute atomic E-state index is 10.8. The Morgan fingerprint density at radius 2 is 2.46 bits per heavy atom. The van der Waals surface area contributed by atoms with Crippen LogP contribution in [0.25, 0.3) is 0 Å². The molecule has 0 saturated carbocycles. The fourth-order valence-corrected chi connectivity index (χ4v) is 1.55. The van der Waals surface area contributed by atoms with Gasteiger partial charge in [-0.15, -0.1) is 0 Å². The lowest BCUT2D eigenvalue weighted by atomic mass is 9.94. The minimum Gasteiger partial charge on any atom is -0.455 e. The van der Waals surface area contributed by atoms with Gasteiger partial charge in [0.15, 0.2) is 0 Å². The smallest absolute Gasteiger partial charge is 0.331 e. The molecule has 0 aromatic carbocycles. The van der Waals surface area contributed by atoms with Gasteiger partial charge in [-0.05, 0) is 12.5 Å². The van der Waals surface area contributed by atoms with Gasteiger partial charge in [0.1, 0.15) is 12.4 Å². The van der Waals surface area contributed by atoms with Crippen molar-refractivity contribution >= 4 is 12.3 Å². The molecule has 2 atom stereocenters. The van der Waals surface area contributed by atoms with Crippen LogP contribution in [0, 0.1) is 5.92 Å². The normalized spacial score (nSPS) is 22.8. The largest absolute Gasteiger partial charge is 0.455 e. The van der Waals surface area contributed by atoms with Crippen molar-refractivity contribution in [3.8, 4) is 0 Å². The monoisotopic (exact) mass is 182 g/mol. The third-order valence-corrected chi connectivity index (χ3v) is 2.20. The van der Waals surface area contributed by atoms with Gasteiger partial charge < -0.3 is 9.53 Å². The van der Waals surface area contributed by atoms with Gasteiger partial charge in [0.05, 0.1) is 0 Å². The standard InChI is InChI=1S/C10H14O3/c1-2-3-8(6-7-11)9-4-5-10(12)13-9/h4-5,7-9H,2-3,6H2,1H3/t8-,9+/m1/s1. The quantitative estimate of drug-likeness (QED) is 0.477. The van der Waals surface area contributed by atoms with Crippen LogP contribution in [0.2, 0.25) is 0 Å². The number of carbonyl (C=O) groups excluding carboxylic acids is 2. The SMILES string of the molecule is CCC[C@H](CC=O)[C@@H]1C=CC(=O)O1. The van der Waals surface area contributed by atoms with Crippen LogP contribution in [0.1, 0.15) is 26.2 Å². The molecule has 13 heavy (non-hydrogen) atoms. The summed E-state index contributed by atoms with van der Waals surface area (Å²) in [4.78, 5) is 21.1. The highest BCUT2D eigenvalue weighted by Crippen LogP contribution is 2.22. The van der Waals surface area contributed by atoms with Crippen molar-refractivity contribution in [2.75, 3.05) is 0 Å². The number of aldehydes is 1. The molecule has 3 heteroatoms. The lowest BCUT2D eigenvalue weighted by molar-refractivity contribution is -0.141. The topological polar surface area (TPSA) is 43.4 Å². The molecule has 0 radical (unpaired) electrons. The zero-order valence-corrected chi connectivity index (χ0v) is 7.73. The molecule has 0 aromatic rings. The molecular weight excluding hydrogens is 168 g/mol. The lowest BCUT2D eigenvalue weighted by Crippen LogP contribution is -2.20. The van der Waals surface area contributed by atoms with Crippen LogP contribution in [-0.4, -0.2) is 18.4 Å². The Labute approximate surface area is 77.8 Å². The van der Waals surface area contributed by atoms with Crippen LogP contribution < -0.4 is 0 Å². The molecule has 0 amide bonds. The zero-order valence-electron chi connectivity index (χ0n) is 7.73. The van der Waals surface area contributed by atoms with E-state index in [1.807, 2.05) is 0 Å². The molecule has 1 aliphatic heterocycles. The van der Waals surface area contributed by atoms with Crippen LogP contribution in [0.15, 0.2) is 12.2 Å². The number of hydrogen-bond donors (Lipinski definition) is 0. The molecule has 0 saturated heterocycles. The predicted octanol–water partition coefficient (Wildman–Crippen LogP) is 1.47. The van der Waals surface area contributed by atoms with Crippen molar-refractivity contribution in [3.05, 3.63) is 12.2 Å². The molecule has 72 valence electrons. The van der Waals surface area contributed by atoms with Gasteiger partial charge >= 0.3 is 5.97 Å². The summed E-state index contributed by atoms with van der Waals surface area (Å²) in [6.45, 7) is 2.05. The molecule has 0 spiro atoms. The van der Waals surface area contributed by atoms with Gasteiger partial charge in [-0.2, -0.15) is 0 Å². The van der Waals surface area contributed by atoms with Crippen LogP contribution in [0.3, 0.4) is 0 Å². The van der Waals surface area contributed by atoms with E-state index in [9.17, 15) is 9.59 Å². The summed E-state index contributed by atoms with van der Waals surface area (Å²) < 4.78 is 5.02. The summed E-state index contributed by atoms with van der Waals surface area (Å²) in [5.74, 6) is -0.137. The summed E-state index contributed by atoms with van der Waals surface area (Å²) in [6.07, 6.45) is 6.26. The Balaban J connectivity index is 2.49. The number of cyclic esters (lactones) is 1.